The Morgan fingerprint density at radius 2 is 0.821 bits per heavy atom. The summed E-state index contributed by atoms with van der Waals surface area (Å²) in [5.41, 5.74) is -1.03. The summed E-state index contributed by atoms with van der Waals surface area (Å²) < 4.78 is 201. The minimum absolute atomic E-state index is 0.0122. The van der Waals surface area contributed by atoms with E-state index < -0.39 is 98.7 Å². The van der Waals surface area contributed by atoms with Gasteiger partial charge in [-0.15, -0.1) is 0 Å². The van der Waals surface area contributed by atoms with Gasteiger partial charge in [0.15, 0.2) is 11.6 Å². The Labute approximate surface area is 206 Å². The molecule has 3 rings (SSSR count). The lowest BCUT2D eigenvalue weighted by atomic mass is 10.1. The standard InChI is InChI=1S/C21H8F14N2O2/c22-5-1-3-7(9(15(5)36)19(27,28)29)38-17-11(21(33,34)35)12(24)13(25)18(14(17)26)39-8-4-2-6(23)16(37)10(8)20(30,31)32/h1-4H,36-37H2. The number of nitrogen functional groups attached to an aromatic ring is 2. The van der Waals surface area contributed by atoms with Gasteiger partial charge in [0.05, 0.1) is 11.4 Å². The van der Waals surface area contributed by atoms with Crippen LogP contribution in [0.1, 0.15) is 16.7 Å². The average Bonchev–Trinajstić information content (AvgIpc) is 2.77. The zero-order valence-corrected chi connectivity index (χ0v) is 18.1. The number of hydrogen-bond donors (Lipinski definition) is 2. The summed E-state index contributed by atoms with van der Waals surface area (Å²) >= 11 is 0. The quantitative estimate of drug-likeness (QED) is 0.184. The summed E-state index contributed by atoms with van der Waals surface area (Å²) in [5.74, 6) is -20.8. The van der Waals surface area contributed by atoms with E-state index in [9.17, 15) is 57.1 Å². The van der Waals surface area contributed by atoms with Crippen LogP contribution in [-0.2, 0) is 18.5 Å². The molecule has 0 aromatic heterocycles. The lowest BCUT2D eigenvalue weighted by molar-refractivity contribution is -0.142. The summed E-state index contributed by atoms with van der Waals surface area (Å²) in [7, 11) is 0. The summed E-state index contributed by atoms with van der Waals surface area (Å²) in [6.45, 7) is 0. The van der Waals surface area contributed by atoms with E-state index in [-0.39, 0.29) is 24.3 Å². The number of alkyl halides is 9. The maximum atomic E-state index is 15.2. The van der Waals surface area contributed by atoms with Crippen molar-refractivity contribution in [2.24, 2.45) is 0 Å². The highest BCUT2D eigenvalue weighted by Crippen LogP contribution is 2.50. The molecule has 0 spiro atoms. The van der Waals surface area contributed by atoms with Crippen molar-refractivity contribution in [3.05, 3.63) is 70.0 Å². The number of ether oxygens (including phenoxy) is 2. The van der Waals surface area contributed by atoms with Crippen LogP contribution in [0.5, 0.6) is 23.0 Å². The third-order valence-electron chi connectivity index (χ3n) is 4.82. The van der Waals surface area contributed by atoms with Crippen LogP contribution in [0.25, 0.3) is 0 Å². The van der Waals surface area contributed by atoms with Gasteiger partial charge in [0, 0.05) is 0 Å². The van der Waals surface area contributed by atoms with E-state index in [1.807, 2.05) is 0 Å². The predicted molar refractivity (Wildman–Crippen MR) is 103 cm³/mol. The van der Waals surface area contributed by atoms with Crippen molar-refractivity contribution >= 4 is 11.4 Å². The van der Waals surface area contributed by atoms with Crippen LogP contribution in [0.3, 0.4) is 0 Å². The lowest BCUT2D eigenvalue weighted by Gasteiger charge is -2.22. The van der Waals surface area contributed by atoms with Gasteiger partial charge in [0.2, 0.25) is 17.4 Å². The molecular weight excluding hydrogens is 578 g/mol. The number of nitrogens with two attached hydrogens (primary N) is 2. The molecule has 0 amide bonds. The number of rotatable bonds is 4. The van der Waals surface area contributed by atoms with Crippen molar-refractivity contribution in [2.75, 3.05) is 11.5 Å². The van der Waals surface area contributed by atoms with E-state index in [4.69, 9.17) is 11.5 Å². The molecular formula is C21H8F14N2O2. The molecule has 0 radical (unpaired) electrons. The molecule has 0 aliphatic heterocycles. The molecule has 0 saturated heterocycles. The molecule has 0 aliphatic rings. The van der Waals surface area contributed by atoms with E-state index in [2.05, 4.69) is 9.47 Å². The molecule has 212 valence electrons. The first-order valence-electron chi connectivity index (χ1n) is 9.61. The minimum atomic E-state index is -6.10. The van der Waals surface area contributed by atoms with Gasteiger partial charge in [-0.25, -0.2) is 13.2 Å². The Morgan fingerprint density at radius 3 is 1.18 bits per heavy atom. The maximum absolute atomic E-state index is 15.2. The molecule has 0 atom stereocenters. The van der Waals surface area contributed by atoms with Crippen molar-refractivity contribution in [2.45, 2.75) is 18.5 Å². The second kappa shape index (κ2) is 9.57. The third-order valence-corrected chi connectivity index (χ3v) is 4.82. The van der Waals surface area contributed by atoms with Crippen LogP contribution >= 0.6 is 0 Å². The largest absolute Gasteiger partial charge is 0.453 e. The van der Waals surface area contributed by atoms with Crippen LogP contribution in [0, 0.1) is 29.1 Å². The summed E-state index contributed by atoms with van der Waals surface area (Å²) in [5, 5.41) is 0. The first-order valence-corrected chi connectivity index (χ1v) is 9.61. The fourth-order valence-electron chi connectivity index (χ4n) is 3.18. The topological polar surface area (TPSA) is 70.5 Å². The maximum Gasteiger partial charge on any atom is 0.423 e. The Morgan fingerprint density at radius 1 is 0.462 bits per heavy atom. The van der Waals surface area contributed by atoms with Crippen molar-refractivity contribution in [1.82, 2.24) is 0 Å². The van der Waals surface area contributed by atoms with Gasteiger partial charge >= 0.3 is 18.5 Å². The van der Waals surface area contributed by atoms with E-state index in [0.29, 0.717) is 0 Å². The molecule has 3 aromatic carbocycles. The van der Waals surface area contributed by atoms with Crippen LogP contribution < -0.4 is 20.9 Å². The summed E-state index contributed by atoms with van der Waals surface area (Å²) in [4.78, 5) is 0. The molecule has 0 aliphatic carbocycles. The Balaban J connectivity index is 2.35. The smallest absolute Gasteiger partial charge is 0.423 e. The summed E-state index contributed by atoms with van der Waals surface area (Å²) in [6.07, 6.45) is -17.4. The SMILES string of the molecule is Nc1c(F)ccc(Oc2c(F)c(F)c(C(F)(F)F)c(Oc3ccc(F)c(N)c3C(F)(F)F)c2F)c1C(F)(F)F. The number of halogens is 14. The summed E-state index contributed by atoms with van der Waals surface area (Å²) in [6, 6.07) is 0.411. The highest BCUT2D eigenvalue weighted by Gasteiger charge is 2.46. The van der Waals surface area contributed by atoms with Gasteiger partial charge < -0.3 is 20.9 Å². The van der Waals surface area contributed by atoms with Crippen LogP contribution in [-0.4, -0.2) is 0 Å². The first kappa shape index (κ1) is 29.4. The van der Waals surface area contributed by atoms with Gasteiger partial charge in [0.25, 0.3) is 0 Å². The molecule has 0 saturated carbocycles. The number of benzene rings is 3. The normalized spacial score (nSPS) is 12.6. The van der Waals surface area contributed by atoms with Crippen LogP contribution in [0.15, 0.2) is 24.3 Å². The Kier molecular flexibility index (Phi) is 7.22. The molecule has 0 unspecified atom stereocenters. The Hall–Kier alpha value is -4.12. The van der Waals surface area contributed by atoms with Gasteiger partial charge in [-0.3, -0.25) is 0 Å². The molecule has 18 heteroatoms. The lowest BCUT2D eigenvalue weighted by Crippen LogP contribution is -2.17. The fraction of sp³-hybridized carbons (Fsp3) is 0.143. The van der Waals surface area contributed by atoms with Crippen LogP contribution in [0.4, 0.5) is 72.8 Å². The predicted octanol–water partition coefficient (Wildman–Crippen LogP) is 8.19. The average molecular weight is 586 g/mol. The fourth-order valence-corrected chi connectivity index (χ4v) is 3.18. The highest BCUT2D eigenvalue weighted by molar-refractivity contribution is 5.60. The number of hydrogen-bond acceptors (Lipinski definition) is 4. The van der Waals surface area contributed by atoms with E-state index >= 15 is 4.39 Å². The van der Waals surface area contributed by atoms with Crippen molar-refractivity contribution in [1.29, 1.82) is 0 Å². The molecule has 39 heavy (non-hydrogen) atoms. The third kappa shape index (κ3) is 5.40. The molecule has 0 bridgehead atoms. The highest BCUT2D eigenvalue weighted by atomic mass is 19.4. The number of anilines is 2. The molecule has 3 aromatic rings. The van der Waals surface area contributed by atoms with Crippen molar-refractivity contribution in [3.63, 3.8) is 0 Å². The van der Waals surface area contributed by atoms with E-state index in [1.165, 1.54) is 0 Å². The molecule has 4 nitrogen and oxygen atoms in total. The van der Waals surface area contributed by atoms with Gasteiger partial charge in [-0.2, -0.15) is 48.3 Å². The second-order valence-electron chi connectivity index (χ2n) is 7.34. The van der Waals surface area contributed by atoms with Gasteiger partial charge in [-0.05, 0) is 24.3 Å². The van der Waals surface area contributed by atoms with Crippen LogP contribution in [0.2, 0.25) is 0 Å². The van der Waals surface area contributed by atoms with Crippen molar-refractivity contribution in [3.8, 4) is 23.0 Å². The zero-order chi connectivity index (χ0) is 29.8. The monoisotopic (exact) mass is 586 g/mol. The van der Waals surface area contributed by atoms with E-state index in [1.54, 1.807) is 0 Å². The zero-order valence-electron chi connectivity index (χ0n) is 18.1. The minimum Gasteiger partial charge on any atom is -0.453 e. The first-order chi connectivity index (χ1) is 17.7. The van der Waals surface area contributed by atoms with Gasteiger partial charge in [0.1, 0.15) is 39.8 Å². The molecule has 4 N–H and O–H groups in total. The molecule has 0 fully saturated rings. The second-order valence-corrected chi connectivity index (χ2v) is 7.34. The molecule has 0 heterocycles. The van der Waals surface area contributed by atoms with Gasteiger partial charge in [-0.1, -0.05) is 0 Å². The van der Waals surface area contributed by atoms with Crippen molar-refractivity contribution < 1.29 is 70.9 Å². The van der Waals surface area contributed by atoms with E-state index in [0.717, 1.165) is 0 Å². The Bertz CT molecular complexity index is 1450.